The van der Waals surface area contributed by atoms with Crippen LogP contribution in [0.5, 0.6) is 11.5 Å². The summed E-state index contributed by atoms with van der Waals surface area (Å²) in [5.74, 6) is 0.0616. The summed E-state index contributed by atoms with van der Waals surface area (Å²) in [6.45, 7) is 13.6. The molecule has 0 fully saturated rings. The number of hydrogen-bond acceptors (Lipinski definition) is 5. The van der Waals surface area contributed by atoms with Gasteiger partial charge in [-0.1, -0.05) is 51.4 Å². The quantitative estimate of drug-likeness (QED) is 0.331. The maximum atomic E-state index is 13.9. The topological polar surface area (TPSA) is 55.8 Å². The summed E-state index contributed by atoms with van der Waals surface area (Å²) in [7, 11) is 0. The van der Waals surface area contributed by atoms with Crippen molar-refractivity contribution in [2.75, 3.05) is 13.2 Å². The summed E-state index contributed by atoms with van der Waals surface area (Å²) in [5, 5.41) is 0.316. The van der Waals surface area contributed by atoms with Crippen molar-refractivity contribution in [2.24, 2.45) is 10.8 Å². The standard InChI is InChI=1S/C34H39ClFNO4/c1-7-37-24-15-33(3,4)17-26(38)30(24)29(31-25(37)16-34(5,6)18-27(31)39)21-13-23(35)32(28(14-21)40-8-2)41-19-20-10-9-11-22(36)12-20/h9-14,29H,7-8,15-19H2,1-6H3. The van der Waals surface area contributed by atoms with Crippen molar-refractivity contribution in [3.05, 3.63) is 80.9 Å². The minimum atomic E-state index is -0.524. The molecule has 218 valence electrons. The van der Waals surface area contributed by atoms with E-state index in [1.807, 2.05) is 13.0 Å². The maximum absolute atomic E-state index is 13.9. The van der Waals surface area contributed by atoms with E-state index in [9.17, 15) is 14.0 Å². The zero-order chi connectivity index (χ0) is 29.7. The van der Waals surface area contributed by atoms with Crippen LogP contribution in [-0.2, 0) is 16.2 Å². The third-order valence-electron chi connectivity index (χ3n) is 8.28. The molecular weight excluding hydrogens is 541 g/mol. The second-order valence-electron chi connectivity index (χ2n) is 13.0. The molecule has 3 aliphatic rings. The fraction of sp³-hybridized carbons (Fsp3) is 0.471. The van der Waals surface area contributed by atoms with Gasteiger partial charge in [-0.25, -0.2) is 4.39 Å². The lowest BCUT2D eigenvalue weighted by molar-refractivity contribution is -0.119. The first-order valence-corrected chi connectivity index (χ1v) is 14.9. The van der Waals surface area contributed by atoms with Gasteiger partial charge in [0, 0.05) is 47.8 Å². The molecule has 0 saturated heterocycles. The van der Waals surface area contributed by atoms with Crippen LogP contribution in [0.25, 0.3) is 0 Å². The van der Waals surface area contributed by atoms with Crippen molar-refractivity contribution in [1.82, 2.24) is 4.90 Å². The highest BCUT2D eigenvalue weighted by Crippen LogP contribution is 2.55. The van der Waals surface area contributed by atoms with E-state index in [0.717, 1.165) is 29.8 Å². The monoisotopic (exact) mass is 579 g/mol. The lowest BCUT2D eigenvalue weighted by Crippen LogP contribution is -2.44. The van der Waals surface area contributed by atoms with Crippen LogP contribution in [-0.4, -0.2) is 29.6 Å². The van der Waals surface area contributed by atoms with E-state index in [1.165, 1.54) is 12.1 Å². The van der Waals surface area contributed by atoms with Crippen LogP contribution in [0, 0.1) is 16.6 Å². The highest BCUT2D eigenvalue weighted by atomic mass is 35.5. The van der Waals surface area contributed by atoms with Crippen LogP contribution in [0.15, 0.2) is 58.9 Å². The van der Waals surface area contributed by atoms with Crippen molar-refractivity contribution in [1.29, 1.82) is 0 Å². The van der Waals surface area contributed by atoms with Crippen molar-refractivity contribution < 1.29 is 23.5 Å². The molecule has 2 aliphatic carbocycles. The van der Waals surface area contributed by atoms with Gasteiger partial charge in [0.25, 0.3) is 0 Å². The number of halogens is 2. The molecule has 7 heteroatoms. The number of ketones is 2. The van der Waals surface area contributed by atoms with Gasteiger partial charge >= 0.3 is 0 Å². The number of carbonyl (C=O) groups is 2. The van der Waals surface area contributed by atoms with Gasteiger partial charge in [0.15, 0.2) is 23.1 Å². The molecule has 2 aromatic rings. The Balaban J connectivity index is 1.66. The van der Waals surface area contributed by atoms with E-state index in [-0.39, 0.29) is 34.8 Å². The number of allylic oxidation sites excluding steroid dienone is 4. The minimum absolute atomic E-state index is 0.0735. The van der Waals surface area contributed by atoms with Crippen LogP contribution in [0.1, 0.15) is 84.3 Å². The van der Waals surface area contributed by atoms with E-state index in [0.29, 0.717) is 59.2 Å². The average Bonchev–Trinajstić information content (AvgIpc) is 2.86. The molecule has 1 heterocycles. The average molecular weight is 580 g/mol. The van der Waals surface area contributed by atoms with E-state index in [1.54, 1.807) is 18.2 Å². The summed E-state index contributed by atoms with van der Waals surface area (Å²) in [4.78, 5) is 30.1. The Hall–Kier alpha value is -3.12. The fourth-order valence-corrected chi connectivity index (χ4v) is 6.98. The normalized spacial score (nSPS) is 20.2. The molecule has 0 saturated carbocycles. The molecule has 0 bridgehead atoms. The van der Waals surface area contributed by atoms with Crippen molar-refractivity contribution in [3.63, 3.8) is 0 Å². The lowest BCUT2D eigenvalue weighted by atomic mass is 9.63. The van der Waals surface area contributed by atoms with E-state index < -0.39 is 5.92 Å². The van der Waals surface area contributed by atoms with Gasteiger partial charge < -0.3 is 14.4 Å². The number of rotatable bonds is 7. The van der Waals surface area contributed by atoms with Crippen molar-refractivity contribution in [2.45, 2.75) is 79.8 Å². The Morgan fingerprint density at radius 1 is 0.902 bits per heavy atom. The number of nitrogens with zero attached hydrogens (tertiary/aromatic N) is 1. The highest BCUT2D eigenvalue weighted by molar-refractivity contribution is 6.32. The molecule has 0 N–H and O–H groups in total. The summed E-state index contributed by atoms with van der Waals surface area (Å²) in [6, 6.07) is 9.87. The molecule has 0 unspecified atom stereocenters. The third-order valence-corrected chi connectivity index (χ3v) is 8.56. The molecule has 0 atom stereocenters. The largest absolute Gasteiger partial charge is 0.490 e. The smallest absolute Gasteiger partial charge is 0.180 e. The molecule has 5 nitrogen and oxygen atoms in total. The van der Waals surface area contributed by atoms with Gasteiger partial charge in [-0.2, -0.15) is 0 Å². The molecule has 0 spiro atoms. The third kappa shape index (κ3) is 5.68. The maximum Gasteiger partial charge on any atom is 0.180 e. The van der Waals surface area contributed by atoms with Crippen LogP contribution in [0.4, 0.5) is 4.39 Å². The van der Waals surface area contributed by atoms with Crippen LogP contribution in [0.3, 0.4) is 0 Å². The first-order chi connectivity index (χ1) is 19.3. The zero-order valence-electron chi connectivity index (χ0n) is 24.8. The SMILES string of the molecule is CCOc1cc(C2C3=C(CC(C)(C)CC3=O)N(CC)C3=C2C(=O)CC(C)(C)C3)cc(Cl)c1OCc1cccc(F)c1. The number of hydrogen-bond donors (Lipinski definition) is 0. The second-order valence-corrected chi connectivity index (χ2v) is 13.4. The van der Waals surface area contributed by atoms with Crippen molar-refractivity contribution in [3.8, 4) is 11.5 Å². The Morgan fingerprint density at radius 3 is 2.05 bits per heavy atom. The Labute approximate surface area is 247 Å². The van der Waals surface area contributed by atoms with Gasteiger partial charge in [0.1, 0.15) is 12.4 Å². The molecule has 0 aromatic heterocycles. The van der Waals surface area contributed by atoms with E-state index >= 15 is 0 Å². The molecule has 1 aliphatic heterocycles. The molecule has 5 rings (SSSR count). The first kappa shape index (κ1) is 29.4. The van der Waals surface area contributed by atoms with Crippen LogP contribution < -0.4 is 9.47 Å². The van der Waals surface area contributed by atoms with E-state index in [4.69, 9.17) is 21.1 Å². The molecule has 0 amide bonds. The molecule has 0 radical (unpaired) electrons. The first-order valence-electron chi connectivity index (χ1n) is 14.5. The summed E-state index contributed by atoms with van der Waals surface area (Å²) >= 11 is 6.87. The van der Waals surface area contributed by atoms with Gasteiger partial charge in [-0.05, 0) is 72.9 Å². The van der Waals surface area contributed by atoms with Gasteiger partial charge in [0.2, 0.25) is 0 Å². The summed E-state index contributed by atoms with van der Waals surface area (Å²) in [6.07, 6.45) is 2.35. The zero-order valence-corrected chi connectivity index (χ0v) is 25.6. The predicted molar refractivity (Wildman–Crippen MR) is 159 cm³/mol. The Bertz CT molecular complexity index is 1420. The Kier molecular flexibility index (Phi) is 7.84. The number of Topliss-reactive ketones (excluding diaryl/α,β-unsaturated/α-hetero) is 2. The molecule has 2 aromatic carbocycles. The van der Waals surface area contributed by atoms with Crippen molar-refractivity contribution >= 4 is 23.2 Å². The van der Waals surface area contributed by atoms with Gasteiger partial charge in [-0.3, -0.25) is 9.59 Å². The van der Waals surface area contributed by atoms with Gasteiger partial charge in [-0.15, -0.1) is 0 Å². The predicted octanol–water partition coefficient (Wildman–Crippen LogP) is 8.16. The van der Waals surface area contributed by atoms with Crippen LogP contribution in [0.2, 0.25) is 5.02 Å². The Morgan fingerprint density at radius 2 is 1.51 bits per heavy atom. The summed E-state index contributed by atoms with van der Waals surface area (Å²) in [5.41, 5.74) is 4.48. The molecular formula is C34H39ClFNO4. The molecule has 41 heavy (non-hydrogen) atoms. The minimum Gasteiger partial charge on any atom is -0.490 e. The second kappa shape index (κ2) is 10.9. The van der Waals surface area contributed by atoms with E-state index in [2.05, 4.69) is 39.5 Å². The number of benzene rings is 2. The van der Waals surface area contributed by atoms with Crippen LogP contribution >= 0.6 is 11.6 Å². The summed E-state index contributed by atoms with van der Waals surface area (Å²) < 4.78 is 25.8. The highest BCUT2D eigenvalue weighted by Gasteiger charge is 2.48. The van der Waals surface area contributed by atoms with Gasteiger partial charge in [0.05, 0.1) is 11.6 Å². The number of carbonyl (C=O) groups excluding carboxylic acids is 2. The lowest BCUT2D eigenvalue weighted by Gasteiger charge is -2.49. The number of ether oxygens (including phenoxy) is 2. The fourth-order valence-electron chi connectivity index (χ4n) is 6.70.